The van der Waals surface area contributed by atoms with Gasteiger partial charge in [0.05, 0.1) is 34.6 Å². The summed E-state index contributed by atoms with van der Waals surface area (Å²) >= 11 is 1.38. The molecule has 9 heteroatoms. The molecule has 2 aromatic heterocycles. The number of ether oxygens (including phenoxy) is 1. The van der Waals surface area contributed by atoms with E-state index in [1.54, 1.807) is 24.4 Å². The van der Waals surface area contributed by atoms with Crippen LogP contribution in [0.2, 0.25) is 0 Å². The normalized spacial score (nSPS) is 16.3. The second kappa shape index (κ2) is 6.81. The molecular weight excluding hydrogens is 407 g/mol. The van der Waals surface area contributed by atoms with E-state index >= 15 is 0 Å². The third kappa shape index (κ3) is 2.89. The Balaban J connectivity index is 1.57. The minimum absolute atomic E-state index is 0.0133. The van der Waals surface area contributed by atoms with Gasteiger partial charge in [-0.3, -0.25) is 14.0 Å². The standard InChI is InChI=1S/C21H17FN4O3S/c1-29-17-8-16-18(7-12(17)20(23)28)30-21-25-15(9-26(16)21)11-3-2-10(6-13(11)22)14-4-5-19(27)24-14/h2-3,6-9,14H,4-5H2,1H3,(H2,23,28)(H,24,27). The van der Waals surface area contributed by atoms with Crippen LogP contribution in [-0.4, -0.2) is 28.3 Å². The number of carbonyl (C=O) groups excluding carboxylic acids is 2. The number of primary amides is 1. The van der Waals surface area contributed by atoms with Crippen LogP contribution < -0.4 is 15.8 Å². The van der Waals surface area contributed by atoms with Gasteiger partial charge in [0.1, 0.15) is 11.6 Å². The van der Waals surface area contributed by atoms with Crippen molar-refractivity contribution in [2.24, 2.45) is 5.73 Å². The highest BCUT2D eigenvalue weighted by Gasteiger charge is 2.24. The fourth-order valence-electron chi connectivity index (χ4n) is 3.84. The molecule has 0 spiro atoms. The van der Waals surface area contributed by atoms with Crippen molar-refractivity contribution in [1.29, 1.82) is 0 Å². The summed E-state index contributed by atoms with van der Waals surface area (Å²) < 4.78 is 22.8. The highest BCUT2D eigenvalue weighted by molar-refractivity contribution is 7.23. The Morgan fingerprint density at radius 1 is 1.37 bits per heavy atom. The quantitative estimate of drug-likeness (QED) is 0.524. The first kappa shape index (κ1) is 18.6. The van der Waals surface area contributed by atoms with Crippen LogP contribution in [-0.2, 0) is 4.79 Å². The average Bonchev–Trinajstić information content (AvgIpc) is 3.41. The number of benzene rings is 2. The smallest absolute Gasteiger partial charge is 0.252 e. The first-order valence-corrected chi connectivity index (χ1v) is 10.1. The Hall–Kier alpha value is -3.46. The van der Waals surface area contributed by atoms with Gasteiger partial charge in [0.15, 0.2) is 4.96 Å². The molecule has 0 radical (unpaired) electrons. The molecule has 0 saturated carbocycles. The number of carbonyl (C=O) groups is 2. The Kier molecular flexibility index (Phi) is 4.21. The van der Waals surface area contributed by atoms with Gasteiger partial charge in [0.2, 0.25) is 5.91 Å². The van der Waals surface area contributed by atoms with Crippen molar-refractivity contribution < 1.29 is 18.7 Å². The lowest BCUT2D eigenvalue weighted by Crippen LogP contribution is -2.18. The zero-order valence-electron chi connectivity index (χ0n) is 15.9. The van der Waals surface area contributed by atoms with Crippen molar-refractivity contribution in [3.05, 3.63) is 53.5 Å². The predicted octanol–water partition coefficient (Wildman–Crippen LogP) is 3.41. The van der Waals surface area contributed by atoms with Gasteiger partial charge in [-0.1, -0.05) is 17.4 Å². The van der Waals surface area contributed by atoms with E-state index in [1.807, 2.05) is 10.5 Å². The van der Waals surface area contributed by atoms with Gasteiger partial charge < -0.3 is 15.8 Å². The molecule has 1 saturated heterocycles. The third-order valence-electron chi connectivity index (χ3n) is 5.35. The number of amides is 2. The number of aromatic nitrogens is 2. The minimum Gasteiger partial charge on any atom is -0.496 e. The van der Waals surface area contributed by atoms with Gasteiger partial charge in [-0.15, -0.1) is 0 Å². The first-order valence-electron chi connectivity index (χ1n) is 9.33. The van der Waals surface area contributed by atoms with Gasteiger partial charge >= 0.3 is 0 Å². The molecule has 3 N–H and O–H groups in total. The second-order valence-corrected chi connectivity index (χ2v) is 8.17. The third-order valence-corrected chi connectivity index (χ3v) is 6.37. The highest BCUT2D eigenvalue weighted by Crippen LogP contribution is 2.35. The Labute approximate surface area is 174 Å². The van der Waals surface area contributed by atoms with Crippen LogP contribution >= 0.6 is 11.3 Å². The molecule has 5 rings (SSSR count). The number of nitrogens with one attached hydrogen (secondary N) is 1. The van der Waals surface area contributed by atoms with Gasteiger partial charge in [-0.2, -0.15) is 0 Å². The van der Waals surface area contributed by atoms with E-state index in [9.17, 15) is 14.0 Å². The van der Waals surface area contributed by atoms with Gasteiger partial charge in [-0.25, -0.2) is 9.37 Å². The maximum atomic E-state index is 14.9. The van der Waals surface area contributed by atoms with Gasteiger partial charge in [-0.05, 0) is 30.2 Å². The molecule has 0 aliphatic carbocycles. The average molecular weight is 424 g/mol. The number of imidazole rings is 1. The molecule has 4 aromatic rings. The van der Waals surface area contributed by atoms with E-state index in [1.165, 1.54) is 24.5 Å². The number of nitrogens with zero attached hydrogens (tertiary/aromatic N) is 2. The summed E-state index contributed by atoms with van der Waals surface area (Å²) in [6, 6.07) is 8.23. The van der Waals surface area contributed by atoms with Crippen LogP contribution in [0, 0.1) is 5.82 Å². The lowest BCUT2D eigenvalue weighted by Gasteiger charge is -2.11. The number of hydrogen-bond acceptors (Lipinski definition) is 5. The lowest BCUT2D eigenvalue weighted by atomic mass is 10.0. The maximum absolute atomic E-state index is 14.9. The molecule has 7 nitrogen and oxygen atoms in total. The highest BCUT2D eigenvalue weighted by atomic mass is 32.1. The SMILES string of the molecule is COc1cc2c(cc1C(N)=O)sc1nc(-c3ccc(C4CCC(=O)N4)cc3F)cn12. The maximum Gasteiger partial charge on any atom is 0.252 e. The molecule has 2 amide bonds. The van der Waals surface area contributed by atoms with Crippen LogP contribution in [0.3, 0.4) is 0 Å². The molecule has 1 unspecified atom stereocenters. The lowest BCUT2D eigenvalue weighted by molar-refractivity contribution is -0.119. The minimum atomic E-state index is -0.568. The van der Waals surface area contributed by atoms with Crippen molar-refractivity contribution >= 4 is 38.3 Å². The van der Waals surface area contributed by atoms with E-state index in [-0.39, 0.29) is 11.9 Å². The Morgan fingerprint density at radius 2 is 2.20 bits per heavy atom. The van der Waals surface area contributed by atoms with E-state index in [2.05, 4.69) is 10.3 Å². The van der Waals surface area contributed by atoms with E-state index < -0.39 is 11.7 Å². The van der Waals surface area contributed by atoms with Crippen LogP contribution in [0.5, 0.6) is 5.75 Å². The number of methoxy groups -OCH3 is 1. The van der Waals surface area contributed by atoms with Crippen molar-refractivity contribution in [1.82, 2.24) is 14.7 Å². The van der Waals surface area contributed by atoms with Gasteiger partial charge in [0, 0.05) is 24.2 Å². The number of nitrogens with two attached hydrogens (primary N) is 1. The van der Waals surface area contributed by atoms with Crippen molar-refractivity contribution in [3.8, 4) is 17.0 Å². The first-order chi connectivity index (χ1) is 14.4. The summed E-state index contributed by atoms with van der Waals surface area (Å²) in [6.45, 7) is 0. The molecular formula is C21H17FN4O3S. The molecule has 152 valence electrons. The van der Waals surface area contributed by atoms with Crippen LogP contribution in [0.1, 0.15) is 34.8 Å². The topological polar surface area (TPSA) is 98.7 Å². The number of rotatable bonds is 4. The van der Waals surface area contributed by atoms with E-state index in [4.69, 9.17) is 10.5 Å². The summed E-state index contributed by atoms with van der Waals surface area (Å²) in [6.07, 6.45) is 2.88. The Morgan fingerprint density at radius 3 is 2.87 bits per heavy atom. The molecule has 1 atom stereocenters. The predicted molar refractivity (Wildman–Crippen MR) is 111 cm³/mol. The molecule has 1 fully saturated rings. The fourth-order valence-corrected chi connectivity index (χ4v) is 4.87. The number of hydrogen-bond donors (Lipinski definition) is 2. The molecule has 2 aromatic carbocycles. The zero-order valence-corrected chi connectivity index (χ0v) is 16.8. The molecule has 30 heavy (non-hydrogen) atoms. The fraction of sp³-hybridized carbons (Fsp3) is 0.190. The Bertz CT molecular complexity index is 1340. The molecule has 3 heterocycles. The second-order valence-electron chi connectivity index (χ2n) is 7.16. The largest absolute Gasteiger partial charge is 0.496 e. The summed E-state index contributed by atoms with van der Waals surface area (Å²) in [7, 11) is 1.47. The number of halogens is 1. The number of thiazole rings is 1. The van der Waals surface area contributed by atoms with Crippen molar-refractivity contribution in [2.45, 2.75) is 18.9 Å². The summed E-state index contributed by atoms with van der Waals surface area (Å²) in [5.41, 5.74) is 8.16. The van der Waals surface area contributed by atoms with Crippen molar-refractivity contribution in [3.63, 3.8) is 0 Å². The molecule has 1 aliphatic heterocycles. The summed E-state index contributed by atoms with van der Waals surface area (Å²) in [5.74, 6) is -0.599. The van der Waals surface area contributed by atoms with Crippen LogP contribution in [0.25, 0.3) is 26.4 Å². The van der Waals surface area contributed by atoms with Crippen LogP contribution in [0.4, 0.5) is 4.39 Å². The summed E-state index contributed by atoms with van der Waals surface area (Å²) in [4.78, 5) is 28.3. The molecule has 0 bridgehead atoms. The van der Waals surface area contributed by atoms with E-state index in [0.717, 1.165) is 15.8 Å². The van der Waals surface area contributed by atoms with Gasteiger partial charge in [0.25, 0.3) is 5.91 Å². The van der Waals surface area contributed by atoms with E-state index in [0.29, 0.717) is 40.4 Å². The van der Waals surface area contributed by atoms with Crippen molar-refractivity contribution in [2.75, 3.05) is 7.11 Å². The van der Waals surface area contributed by atoms with Crippen LogP contribution in [0.15, 0.2) is 36.5 Å². The summed E-state index contributed by atoms with van der Waals surface area (Å²) in [5, 5.41) is 2.85. The zero-order chi connectivity index (χ0) is 21.0. The number of fused-ring (bicyclic) bond motifs is 3. The molecule has 1 aliphatic rings. The monoisotopic (exact) mass is 424 g/mol.